The van der Waals surface area contributed by atoms with E-state index in [0.717, 1.165) is 11.4 Å². The van der Waals surface area contributed by atoms with Crippen LogP contribution in [0.1, 0.15) is 31.0 Å². The quantitative estimate of drug-likeness (QED) is 0.576. The lowest BCUT2D eigenvalue weighted by Gasteiger charge is -2.07. The number of nitrogens with one attached hydrogen (secondary N) is 1. The van der Waals surface area contributed by atoms with Gasteiger partial charge in [-0.15, -0.1) is 0 Å². The van der Waals surface area contributed by atoms with Crippen LogP contribution < -0.4 is 5.56 Å². The molecule has 0 spiro atoms. The first kappa shape index (κ1) is 14.9. The van der Waals surface area contributed by atoms with Crippen LogP contribution >= 0.6 is 11.8 Å². The second-order valence-corrected chi connectivity index (χ2v) is 6.56. The summed E-state index contributed by atoms with van der Waals surface area (Å²) in [6.07, 6.45) is 0. The molecule has 0 fully saturated rings. The third kappa shape index (κ3) is 3.39. The first-order valence-electron chi connectivity index (χ1n) is 7.33. The van der Waals surface area contributed by atoms with Gasteiger partial charge >= 0.3 is 0 Å². The summed E-state index contributed by atoms with van der Waals surface area (Å²) in [5, 5.41) is 3.16. The summed E-state index contributed by atoms with van der Waals surface area (Å²) in [6, 6.07) is 16.3. The van der Waals surface area contributed by atoms with Crippen LogP contribution in [0.25, 0.3) is 10.8 Å². The molecule has 2 aromatic carbocycles. The Morgan fingerprint density at radius 3 is 2.64 bits per heavy atom. The van der Waals surface area contributed by atoms with Gasteiger partial charge in [0.2, 0.25) is 0 Å². The number of fused-ring (bicyclic) bond motifs is 1. The maximum atomic E-state index is 11.7. The monoisotopic (exact) mass is 310 g/mol. The fraction of sp³-hybridized carbons (Fsp3) is 0.222. The first-order valence-corrected chi connectivity index (χ1v) is 8.32. The molecule has 0 aliphatic rings. The molecule has 4 heteroatoms. The molecule has 1 N–H and O–H groups in total. The van der Waals surface area contributed by atoms with Crippen molar-refractivity contribution in [2.75, 3.05) is 0 Å². The molecule has 0 aliphatic heterocycles. The van der Waals surface area contributed by atoms with Crippen LogP contribution in [0.4, 0.5) is 0 Å². The van der Waals surface area contributed by atoms with Crippen molar-refractivity contribution in [3.63, 3.8) is 0 Å². The van der Waals surface area contributed by atoms with E-state index in [1.54, 1.807) is 17.8 Å². The number of H-pyrrole nitrogens is 1. The fourth-order valence-corrected chi connectivity index (χ4v) is 3.12. The molecule has 22 heavy (non-hydrogen) atoms. The average Bonchev–Trinajstić information content (AvgIpc) is 2.52. The summed E-state index contributed by atoms with van der Waals surface area (Å²) >= 11 is 1.56. The van der Waals surface area contributed by atoms with E-state index in [-0.39, 0.29) is 11.5 Å². The number of aromatic amines is 1. The van der Waals surface area contributed by atoms with Crippen LogP contribution in [0.2, 0.25) is 0 Å². The van der Waals surface area contributed by atoms with Gasteiger partial charge in [-0.2, -0.15) is 0 Å². The number of hydrogen-bond donors (Lipinski definition) is 1. The van der Waals surface area contributed by atoms with Gasteiger partial charge in [-0.25, -0.2) is 4.98 Å². The van der Waals surface area contributed by atoms with Gasteiger partial charge < -0.3 is 4.98 Å². The second kappa shape index (κ2) is 6.36. The lowest BCUT2D eigenvalue weighted by atomic mass is 10.1. The predicted octanol–water partition coefficient (Wildman–Crippen LogP) is 4.34. The minimum Gasteiger partial charge on any atom is -0.301 e. The SMILES string of the molecule is CC(C)c1cc(=O)[nH]c(SCc2ccc3ccccc3c2)n1. The number of thioether (sulfide) groups is 1. The lowest BCUT2D eigenvalue weighted by Crippen LogP contribution is -2.10. The number of benzene rings is 2. The molecule has 1 aromatic heterocycles. The van der Waals surface area contributed by atoms with Crippen molar-refractivity contribution in [2.24, 2.45) is 0 Å². The molecule has 3 nitrogen and oxygen atoms in total. The molecule has 0 radical (unpaired) electrons. The Hall–Kier alpha value is -2.07. The summed E-state index contributed by atoms with van der Waals surface area (Å²) in [7, 11) is 0. The maximum Gasteiger partial charge on any atom is 0.251 e. The number of rotatable bonds is 4. The summed E-state index contributed by atoms with van der Waals surface area (Å²) in [5.41, 5.74) is 1.98. The Morgan fingerprint density at radius 1 is 1.09 bits per heavy atom. The van der Waals surface area contributed by atoms with Crippen LogP contribution in [-0.2, 0) is 5.75 Å². The van der Waals surface area contributed by atoms with E-state index in [9.17, 15) is 4.79 Å². The van der Waals surface area contributed by atoms with Crippen molar-refractivity contribution >= 4 is 22.5 Å². The van der Waals surface area contributed by atoms with E-state index in [1.165, 1.54) is 16.3 Å². The van der Waals surface area contributed by atoms with Crippen LogP contribution in [-0.4, -0.2) is 9.97 Å². The molecular weight excluding hydrogens is 292 g/mol. The van der Waals surface area contributed by atoms with Crippen molar-refractivity contribution < 1.29 is 0 Å². The van der Waals surface area contributed by atoms with Crippen LogP contribution in [0.5, 0.6) is 0 Å². The van der Waals surface area contributed by atoms with E-state index >= 15 is 0 Å². The van der Waals surface area contributed by atoms with E-state index < -0.39 is 0 Å². The van der Waals surface area contributed by atoms with Crippen LogP contribution in [0, 0.1) is 0 Å². The largest absolute Gasteiger partial charge is 0.301 e. The Balaban J connectivity index is 1.80. The molecule has 3 aromatic rings. The lowest BCUT2D eigenvalue weighted by molar-refractivity contribution is 0.769. The van der Waals surface area contributed by atoms with Gasteiger partial charge in [-0.1, -0.05) is 68.1 Å². The van der Waals surface area contributed by atoms with Crippen molar-refractivity contribution in [1.82, 2.24) is 9.97 Å². The molecule has 0 bridgehead atoms. The number of aromatic nitrogens is 2. The van der Waals surface area contributed by atoms with Gasteiger partial charge in [0.25, 0.3) is 5.56 Å². The molecule has 0 unspecified atom stereocenters. The minimum absolute atomic E-state index is 0.0836. The van der Waals surface area contributed by atoms with Crippen molar-refractivity contribution in [3.05, 3.63) is 70.1 Å². The van der Waals surface area contributed by atoms with Gasteiger partial charge in [-0.3, -0.25) is 4.79 Å². The zero-order chi connectivity index (χ0) is 15.5. The third-order valence-corrected chi connectivity index (χ3v) is 4.47. The van der Waals surface area contributed by atoms with Gasteiger partial charge in [0.05, 0.1) is 5.69 Å². The topological polar surface area (TPSA) is 45.8 Å². The molecule has 112 valence electrons. The summed E-state index contributed by atoms with van der Waals surface area (Å²) in [5.74, 6) is 1.04. The summed E-state index contributed by atoms with van der Waals surface area (Å²) in [4.78, 5) is 19.0. The predicted molar refractivity (Wildman–Crippen MR) is 92.5 cm³/mol. The zero-order valence-electron chi connectivity index (χ0n) is 12.7. The third-order valence-electron chi connectivity index (χ3n) is 3.52. The molecular formula is C18H18N2OS. The minimum atomic E-state index is -0.0836. The van der Waals surface area contributed by atoms with Gasteiger partial charge in [-0.05, 0) is 22.3 Å². The smallest absolute Gasteiger partial charge is 0.251 e. The number of nitrogens with zero attached hydrogens (tertiary/aromatic N) is 1. The highest BCUT2D eigenvalue weighted by molar-refractivity contribution is 7.98. The summed E-state index contributed by atoms with van der Waals surface area (Å²) < 4.78 is 0. The van der Waals surface area contributed by atoms with Crippen molar-refractivity contribution in [1.29, 1.82) is 0 Å². The van der Waals surface area contributed by atoms with Crippen LogP contribution in [0.15, 0.2) is 58.5 Å². The molecule has 0 atom stereocenters. The van der Waals surface area contributed by atoms with E-state index in [2.05, 4.69) is 40.3 Å². The second-order valence-electron chi connectivity index (χ2n) is 5.60. The Labute approximate surface area is 133 Å². The summed E-state index contributed by atoms with van der Waals surface area (Å²) in [6.45, 7) is 4.08. The fourth-order valence-electron chi connectivity index (χ4n) is 2.30. The first-order chi connectivity index (χ1) is 10.6. The molecule has 1 heterocycles. The molecule has 0 saturated heterocycles. The molecule has 3 rings (SSSR count). The molecule has 0 saturated carbocycles. The van der Waals surface area contributed by atoms with Crippen molar-refractivity contribution in [2.45, 2.75) is 30.7 Å². The maximum absolute atomic E-state index is 11.7. The van der Waals surface area contributed by atoms with E-state index in [1.807, 2.05) is 26.0 Å². The van der Waals surface area contributed by atoms with Gasteiger partial charge in [0.15, 0.2) is 5.16 Å². The standard InChI is InChI=1S/C18H18N2OS/c1-12(2)16-10-17(21)20-18(19-16)22-11-13-7-8-14-5-3-4-6-15(14)9-13/h3-10,12H,11H2,1-2H3,(H,19,20,21). The Kier molecular flexibility index (Phi) is 4.29. The normalized spacial score (nSPS) is 11.2. The average molecular weight is 310 g/mol. The highest BCUT2D eigenvalue weighted by Crippen LogP contribution is 2.23. The van der Waals surface area contributed by atoms with Gasteiger partial charge in [0.1, 0.15) is 0 Å². The highest BCUT2D eigenvalue weighted by Gasteiger charge is 2.06. The van der Waals surface area contributed by atoms with Gasteiger partial charge in [0, 0.05) is 11.8 Å². The Bertz CT molecular complexity index is 855. The van der Waals surface area contributed by atoms with Crippen LogP contribution in [0.3, 0.4) is 0 Å². The van der Waals surface area contributed by atoms with E-state index in [4.69, 9.17) is 0 Å². The zero-order valence-corrected chi connectivity index (χ0v) is 13.5. The molecule has 0 aliphatic carbocycles. The van der Waals surface area contributed by atoms with Crippen molar-refractivity contribution in [3.8, 4) is 0 Å². The number of hydrogen-bond acceptors (Lipinski definition) is 3. The Morgan fingerprint density at radius 2 is 1.86 bits per heavy atom. The highest BCUT2D eigenvalue weighted by atomic mass is 32.2. The van der Waals surface area contributed by atoms with E-state index in [0.29, 0.717) is 5.16 Å². The molecule has 0 amide bonds.